The molecule has 3 rings (SSSR count). The molecule has 0 aliphatic carbocycles. The number of nitrogens with zero attached hydrogens (tertiary/aromatic N) is 1. The summed E-state index contributed by atoms with van der Waals surface area (Å²) in [6, 6.07) is 19.1. The molecule has 1 amide bonds. The molecule has 0 fully saturated rings. The number of carbonyl (C=O) groups is 1. The van der Waals surface area contributed by atoms with Crippen LogP contribution in [0.1, 0.15) is 18.9 Å². The van der Waals surface area contributed by atoms with E-state index < -0.39 is 5.60 Å². The van der Waals surface area contributed by atoms with Crippen LogP contribution in [0.2, 0.25) is 0 Å². The van der Waals surface area contributed by atoms with Crippen molar-refractivity contribution in [1.82, 2.24) is 0 Å². The number of nitrogens with one attached hydrogen (secondary N) is 1. The lowest BCUT2D eigenvalue weighted by Crippen LogP contribution is -2.40. The first-order valence-electron chi connectivity index (χ1n) is 6.84. The Kier molecular flexibility index (Phi) is 3.44. The minimum Gasteiger partial charge on any atom is -0.379 e. The van der Waals surface area contributed by atoms with E-state index in [9.17, 15) is 4.79 Å². The molecular weight excluding hydrogens is 264 g/mol. The van der Waals surface area contributed by atoms with Crippen molar-refractivity contribution in [1.29, 1.82) is 0 Å². The lowest BCUT2D eigenvalue weighted by atomic mass is 9.95. The number of hydrogen-bond donors (Lipinski definition) is 1. The van der Waals surface area contributed by atoms with Crippen LogP contribution < -0.4 is 5.32 Å². The van der Waals surface area contributed by atoms with Gasteiger partial charge < -0.3 is 10.2 Å². The molecule has 4 nitrogen and oxygen atoms in total. The smallest absolute Gasteiger partial charge is 0.271 e. The van der Waals surface area contributed by atoms with E-state index in [2.05, 4.69) is 10.5 Å². The summed E-state index contributed by atoms with van der Waals surface area (Å²) in [5.74, 6) is -0.191. The molecule has 1 unspecified atom stereocenters. The highest BCUT2D eigenvalue weighted by Gasteiger charge is 2.42. The third-order valence-corrected chi connectivity index (χ3v) is 3.48. The second-order valence-corrected chi connectivity index (χ2v) is 5.22. The van der Waals surface area contributed by atoms with Crippen molar-refractivity contribution >= 4 is 17.3 Å². The minimum atomic E-state index is -0.971. The van der Waals surface area contributed by atoms with Crippen molar-refractivity contribution < 1.29 is 9.63 Å². The van der Waals surface area contributed by atoms with Crippen molar-refractivity contribution in [2.24, 2.45) is 5.16 Å². The topological polar surface area (TPSA) is 50.7 Å². The number of oxime groups is 1. The van der Waals surface area contributed by atoms with E-state index in [1.165, 1.54) is 0 Å². The van der Waals surface area contributed by atoms with E-state index in [-0.39, 0.29) is 5.91 Å². The zero-order valence-corrected chi connectivity index (χ0v) is 11.7. The van der Waals surface area contributed by atoms with Gasteiger partial charge in [-0.25, -0.2) is 0 Å². The lowest BCUT2D eigenvalue weighted by molar-refractivity contribution is -0.135. The molecule has 0 saturated heterocycles. The second kappa shape index (κ2) is 5.40. The Bertz CT molecular complexity index is 668. The van der Waals surface area contributed by atoms with Crippen LogP contribution in [0.3, 0.4) is 0 Å². The number of carbonyl (C=O) groups excluding carboxylic acids is 1. The van der Waals surface area contributed by atoms with Crippen molar-refractivity contribution in [3.8, 4) is 0 Å². The van der Waals surface area contributed by atoms with Crippen molar-refractivity contribution in [3.05, 3.63) is 66.2 Å². The van der Waals surface area contributed by atoms with E-state index >= 15 is 0 Å². The van der Waals surface area contributed by atoms with E-state index in [4.69, 9.17) is 4.84 Å². The maximum atomic E-state index is 12.4. The van der Waals surface area contributed by atoms with Crippen LogP contribution in [0.5, 0.6) is 0 Å². The summed E-state index contributed by atoms with van der Waals surface area (Å²) in [6.45, 7) is 1.75. The molecule has 1 aliphatic rings. The Morgan fingerprint density at radius 1 is 1.10 bits per heavy atom. The molecule has 1 atom stereocenters. The fraction of sp³-hybridized carbons (Fsp3) is 0.176. The van der Waals surface area contributed by atoms with Gasteiger partial charge in [0.15, 0.2) is 0 Å². The average Bonchev–Trinajstić information content (AvgIpc) is 2.93. The fourth-order valence-electron chi connectivity index (χ4n) is 2.23. The maximum absolute atomic E-state index is 12.4. The minimum absolute atomic E-state index is 0.191. The molecule has 1 aliphatic heterocycles. The molecule has 0 saturated carbocycles. The highest BCUT2D eigenvalue weighted by Crippen LogP contribution is 2.28. The third-order valence-electron chi connectivity index (χ3n) is 3.48. The van der Waals surface area contributed by atoms with Crippen LogP contribution in [0, 0.1) is 0 Å². The molecule has 2 aromatic rings. The van der Waals surface area contributed by atoms with Gasteiger partial charge in [0, 0.05) is 12.1 Å². The highest BCUT2D eigenvalue weighted by molar-refractivity contribution is 6.07. The molecule has 2 aromatic carbocycles. The number of benzene rings is 2. The van der Waals surface area contributed by atoms with Gasteiger partial charge in [0.25, 0.3) is 5.91 Å². The highest BCUT2D eigenvalue weighted by atomic mass is 16.7. The number of para-hydroxylation sites is 1. The molecule has 1 heterocycles. The van der Waals surface area contributed by atoms with Gasteiger partial charge in [0.2, 0.25) is 5.60 Å². The molecule has 0 aromatic heterocycles. The number of anilines is 1. The van der Waals surface area contributed by atoms with Crippen molar-refractivity contribution in [2.75, 3.05) is 5.32 Å². The van der Waals surface area contributed by atoms with Gasteiger partial charge in [-0.05, 0) is 24.6 Å². The summed E-state index contributed by atoms with van der Waals surface area (Å²) in [6.07, 6.45) is 0.454. The van der Waals surface area contributed by atoms with E-state index in [0.29, 0.717) is 6.42 Å². The molecule has 4 heteroatoms. The molecule has 1 N–H and O–H groups in total. The largest absolute Gasteiger partial charge is 0.379 e. The van der Waals surface area contributed by atoms with E-state index in [0.717, 1.165) is 17.0 Å². The molecule has 0 radical (unpaired) electrons. The summed E-state index contributed by atoms with van der Waals surface area (Å²) >= 11 is 0. The van der Waals surface area contributed by atoms with Gasteiger partial charge in [0.05, 0.1) is 5.71 Å². The maximum Gasteiger partial charge on any atom is 0.271 e. The number of hydrogen-bond acceptors (Lipinski definition) is 3. The van der Waals surface area contributed by atoms with Crippen molar-refractivity contribution in [3.63, 3.8) is 0 Å². The fourth-order valence-corrected chi connectivity index (χ4v) is 2.23. The van der Waals surface area contributed by atoms with Gasteiger partial charge in [-0.1, -0.05) is 53.7 Å². The van der Waals surface area contributed by atoms with Gasteiger partial charge in [-0.15, -0.1) is 0 Å². The first-order valence-corrected chi connectivity index (χ1v) is 6.84. The Labute approximate surface area is 123 Å². The quantitative estimate of drug-likeness (QED) is 0.938. The van der Waals surface area contributed by atoms with Gasteiger partial charge in [0.1, 0.15) is 0 Å². The zero-order chi connectivity index (χ0) is 14.7. The third kappa shape index (κ3) is 2.79. The molecule has 0 spiro atoms. The summed E-state index contributed by atoms with van der Waals surface area (Å²) < 4.78 is 0. The molecule has 21 heavy (non-hydrogen) atoms. The summed E-state index contributed by atoms with van der Waals surface area (Å²) in [7, 11) is 0. The Balaban J connectivity index is 1.71. The Morgan fingerprint density at radius 2 is 1.71 bits per heavy atom. The summed E-state index contributed by atoms with van der Waals surface area (Å²) in [5.41, 5.74) is 1.55. The Hall–Kier alpha value is -2.62. The monoisotopic (exact) mass is 280 g/mol. The average molecular weight is 280 g/mol. The van der Waals surface area contributed by atoms with Crippen LogP contribution in [0.25, 0.3) is 0 Å². The Morgan fingerprint density at radius 3 is 2.38 bits per heavy atom. The number of rotatable bonds is 3. The number of amides is 1. The van der Waals surface area contributed by atoms with Crippen LogP contribution in [0.15, 0.2) is 65.8 Å². The first kappa shape index (κ1) is 13.4. The normalized spacial score (nSPS) is 20.5. The van der Waals surface area contributed by atoms with Gasteiger partial charge >= 0.3 is 0 Å². The summed E-state index contributed by atoms with van der Waals surface area (Å²) in [4.78, 5) is 17.8. The molecule has 106 valence electrons. The van der Waals surface area contributed by atoms with Crippen LogP contribution in [-0.2, 0) is 9.63 Å². The molecular formula is C17H16N2O2. The van der Waals surface area contributed by atoms with Crippen LogP contribution >= 0.6 is 0 Å². The van der Waals surface area contributed by atoms with E-state index in [1.54, 1.807) is 6.92 Å². The zero-order valence-electron chi connectivity index (χ0n) is 11.7. The summed E-state index contributed by atoms with van der Waals surface area (Å²) in [5, 5.41) is 6.94. The van der Waals surface area contributed by atoms with Gasteiger partial charge in [-0.3, -0.25) is 4.79 Å². The second-order valence-electron chi connectivity index (χ2n) is 5.22. The SMILES string of the molecule is CC1(C(=O)Nc2ccccc2)CC(c2ccccc2)=NO1. The standard InChI is InChI=1S/C17H16N2O2/c1-17(16(20)18-14-10-6-3-7-11-14)12-15(19-21-17)13-8-4-2-5-9-13/h2-11H,12H2,1H3,(H,18,20). The lowest BCUT2D eigenvalue weighted by Gasteiger charge is -2.20. The predicted molar refractivity (Wildman–Crippen MR) is 82.2 cm³/mol. The molecule has 0 bridgehead atoms. The van der Waals surface area contributed by atoms with Gasteiger partial charge in [-0.2, -0.15) is 0 Å². The predicted octanol–water partition coefficient (Wildman–Crippen LogP) is 3.21. The van der Waals surface area contributed by atoms with E-state index in [1.807, 2.05) is 60.7 Å². The van der Waals surface area contributed by atoms with Crippen LogP contribution in [-0.4, -0.2) is 17.2 Å². The first-order chi connectivity index (χ1) is 10.2. The van der Waals surface area contributed by atoms with Crippen LogP contribution in [0.4, 0.5) is 5.69 Å². The van der Waals surface area contributed by atoms with Crippen molar-refractivity contribution in [2.45, 2.75) is 18.9 Å².